The molecule has 0 fully saturated rings. The van der Waals surface area contributed by atoms with Crippen LogP contribution in [-0.2, 0) is 28.2 Å². The third-order valence-electron chi connectivity index (χ3n) is 12.3. The van der Waals surface area contributed by atoms with Crippen LogP contribution in [0.4, 0.5) is 0 Å². The standard InChI is InChI=1S/C46H36B2N8O4/c1-49-13-17-53(25-49)29-5-9-37-33(21-29)47-34-22-30(54-18-14-50(2)26-54)6-10-38(34)58-44-41(47)43(57-37)45-42-46(44)60-40-12-8-32(56-20-16-52(4)28-56)24-36(40)48(42)35-23-31(7-11-39(35)59-45)55-19-15-51(3)27-55/h5-28H,1-4H3/q+4. The van der Waals surface area contributed by atoms with Gasteiger partial charge in [0.1, 0.15) is 95.3 Å². The van der Waals surface area contributed by atoms with Crippen LogP contribution in [0.25, 0.3) is 22.7 Å². The fourth-order valence-electron chi connectivity index (χ4n) is 9.49. The molecule has 0 N–H and O–H groups in total. The predicted octanol–water partition coefficient (Wildman–Crippen LogP) is 1.60. The number of fused-ring (bicyclic) bond motifs is 10. The summed E-state index contributed by atoms with van der Waals surface area (Å²) >= 11 is 0. The Labute approximate surface area is 345 Å². The lowest BCUT2D eigenvalue weighted by Crippen LogP contribution is -2.61. The highest BCUT2D eigenvalue weighted by Gasteiger charge is 2.51. The zero-order valence-corrected chi connectivity index (χ0v) is 33.2. The van der Waals surface area contributed by atoms with Gasteiger partial charge >= 0.3 is 0 Å². The maximum Gasteiger partial charge on any atom is 0.261 e. The van der Waals surface area contributed by atoms with E-state index in [2.05, 4.69) is 141 Å². The summed E-state index contributed by atoms with van der Waals surface area (Å²) in [7, 11) is 8.11. The van der Waals surface area contributed by atoms with Gasteiger partial charge in [0, 0.05) is 10.9 Å². The van der Waals surface area contributed by atoms with Gasteiger partial charge in [-0.25, -0.2) is 36.5 Å². The van der Waals surface area contributed by atoms with Gasteiger partial charge < -0.3 is 18.9 Å². The van der Waals surface area contributed by atoms with E-state index in [0.29, 0.717) is 23.0 Å². The normalized spacial score (nSPS) is 13.5. The van der Waals surface area contributed by atoms with Gasteiger partial charge in [-0.05, 0) is 94.6 Å². The molecule has 0 saturated heterocycles. The van der Waals surface area contributed by atoms with E-state index in [-0.39, 0.29) is 13.4 Å². The highest BCUT2D eigenvalue weighted by Crippen LogP contribution is 2.49. The minimum atomic E-state index is -0.264. The lowest BCUT2D eigenvalue weighted by atomic mass is 9.32. The summed E-state index contributed by atoms with van der Waals surface area (Å²) in [6.45, 7) is -0.528. The quantitative estimate of drug-likeness (QED) is 0.201. The molecule has 0 aliphatic carbocycles. The first-order valence-corrected chi connectivity index (χ1v) is 20.0. The largest absolute Gasteiger partial charge is 0.454 e. The van der Waals surface area contributed by atoms with Crippen LogP contribution in [0.1, 0.15) is 0 Å². The molecule has 0 bridgehead atoms. The number of nitrogens with zero attached hydrogens (tertiary/aromatic N) is 8. The van der Waals surface area contributed by atoms with Gasteiger partial charge in [0.05, 0.1) is 28.2 Å². The van der Waals surface area contributed by atoms with E-state index >= 15 is 0 Å². The number of ether oxygens (including phenoxy) is 4. The zero-order chi connectivity index (χ0) is 40.0. The summed E-state index contributed by atoms with van der Waals surface area (Å²) in [4.78, 5) is 0. The molecule has 0 atom stereocenters. The summed E-state index contributed by atoms with van der Waals surface area (Å²) < 4.78 is 45.1. The molecule has 5 aromatic carbocycles. The van der Waals surface area contributed by atoms with E-state index in [9.17, 15) is 0 Å². The van der Waals surface area contributed by atoms with Crippen molar-refractivity contribution in [2.75, 3.05) is 0 Å². The van der Waals surface area contributed by atoms with Crippen molar-refractivity contribution in [3.05, 3.63) is 148 Å². The minimum absolute atomic E-state index is 0.264. The fraction of sp³-hybridized carbons (Fsp3) is 0.0870. The molecule has 60 heavy (non-hydrogen) atoms. The van der Waals surface area contributed by atoms with Crippen LogP contribution in [0.2, 0.25) is 0 Å². The van der Waals surface area contributed by atoms with Crippen molar-refractivity contribution in [1.82, 2.24) is 18.3 Å². The Kier molecular flexibility index (Phi) is 6.61. The maximum absolute atomic E-state index is 7.12. The Morgan fingerprint density at radius 1 is 0.367 bits per heavy atom. The minimum Gasteiger partial charge on any atom is -0.454 e. The predicted molar refractivity (Wildman–Crippen MR) is 224 cm³/mol. The van der Waals surface area contributed by atoms with Crippen LogP contribution >= 0.6 is 0 Å². The van der Waals surface area contributed by atoms with Crippen molar-refractivity contribution in [3.63, 3.8) is 0 Å². The van der Waals surface area contributed by atoms with Crippen molar-refractivity contribution in [3.8, 4) is 68.7 Å². The summed E-state index contributed by atoms with van der Waals surface area (Å²) in [6.07, 6.45) is 24.7. The van der Waals surface area contributed by atoms with Crippen LogP contribution in [0.3, 0.4) is 0 Å². The van der Waals surface area contributed by atoms with Gasteiger partial charge in [-0.2, -0.15) is 0 Å². The first-order valence-electron chi connectivity index (χ1n) is 20.0. The molecule has 9 aromatic rings. The van der Waals surface area contributed by atoms with Crippen LogP contribution in [-0.4, -0.2) is 31.7 Å². The van der Waals surface area contributed by atoms with Crippen molar-refractivity contribution in [2.24, 2.45) is 28.2 Å². The van der Waals surface area contributed by atoms with Crippen molar-refractivity contribution >= 4 is 46.2 Å². The van der Waals surface area contributed by atoms with Gasteiger partial charge in [-0.15, -0.1) is 0 Å². The SMILES string of the molecule is C[n+]1ccn(-c2ccc3c(c2)B2c4cc(-n5cc[n+](C)c5)ccc4Oc4c5c6c(c(c42)O3)Oc2ccc(-n3cc[n+](C)c3)cc2B6c2cc(-n3cc[n+](C)c3)ccc2O5)c1. The zero-order valence-electron chi connectivity index (χ0n) is 33.2. The van der Waals surface area contributed by atoms with Gasteiger partial charge in [0.15, 0.2) is 23.0 Å². The van der Waals surface area contributed by atoms with Gasteiger partial charge in [0.2, 0.25) is 25.3 Å². The number of aromatic nitrogens is 8. The molecule has 0 radical (unpaired) electrons. The van der Waals surface area contributed by atoms with Crippen LogP contribution in [0.5, 0.6) is 46.0 Å². The van der Waals surface area contributed by atoms with E-state index < -0.39 is 0 Å². The first-order chi connectivity index (χ1) is 29.3. The van der Waals surface area contributed by atoms with E-state index in [1.54, 1.807) is 0 Å². The monoisotopic (exact) mass is 786 g/mol. The number of rotatable bonds is 4. The van der Waals surface area contributed by atoms with Crippen LogP contribution < -0.4 is 70.0 Å². The Bertz CT molecular complexity index is 2890. The molecule has 4 aromatic heterocycles. The lowest BCUT2D eigenvalue weighted by Gasteiger charge is -2.40. The third-order valence-corrected chi connectivity index (χ3v) is 12.3. The van der Waals surface area contributed by atoms with Gasteiger partial charge in [-0.1, -0.05) is 0 Å². The van der Waals surface area contributed by atoms with Crippen molar-refractivity contribution in [2.45, 2.75) is 0 Å². The second kappa shape index (κ2) is 11.9. The number of hydrogen-bond donors (Lipinski definition) is 0. The Hall–Kier alpha value is -7.73. The molecular weight excluding hydrogens is 750 g/mol. The average Bonchev–Trinajstić information content (AvgIpc) is 4.10. The molecule has 8 heterocycles. The molecule has 14 heteroatoms. The van der Waals surface area contributed by atoms with Crippen LogP contribution in [0, 0.1) is 0 Å². The van der Waals surface area contributed by atoms with Crippen molar-refractivity contribution in [1.29, 1.82) is 0 Å². The highest BCUT2D eigenvalue weighted by molar-refractivity contribution is 7.00. The topological polar surface area (TPSA) is 72.2 Å². The Balaban J connectivity index is 1.07. The molecule has 12 nitrogen and oxygen atoms in total. The highest BCUT2D eigenvalue weighted by atomic mass is 16.5. The number of hydrogen-bond acceptors (Lipinski definition) is 4. The molecular formula is C46H36B2N8O4+4. The first kappa shape index (κ1) is 33.3. The lowest BCUT2D eigenvalue weighted by molar-refractivity contribution is -0.670. The molecule has 4 aliphatic rings. The number of imidazole rings is 4. The fourth-order valence-corrected chi connectivity index (χ4v) is 9.49. The summed E-state index contributed by atoms with van der Waals surface area (Å²) in [5, 5.41) is 0. The maximum atomic E-state index is 7.12. The Morgan fingerprint density at radius 3 is 0.833 bits per heavy atom. The average molecular weight is 786 g/mol. The molecule has 0 unspecified atom stereocenters. The van der Waals surface area contributed by atoms with Gasteiger partial charge in [0.25, 0.3) is 13.4 Å². The summed E-state index contributed by atoms with van der Waals surface area (Å²) in [5.74, 6) is 5.63. The number of aryl methyl sites for hydroxylation is 4. The van der Waals surface area contributed by atoms with Gasteiger partial charge in [-0.3, -0.25) is 0 Å². The second-order valence-corrected chi connectivity index (χ2v) is 16.3. The van der Waals surface area contributed by atoms with E-state index in [1.165, 1.54) is 0 Å². The number of benzene rings is 5. The second-order valence-electron chi connectivity index (χ2n) is 16.3. The molecule has 0 saturated carbocycles. The summed E-state index contributed by atoms with van der Waals surface area (Å²) in [6, 6.07) is 25.7. The van der Waals surface area contributed by atoms with Crippen molar-refractivity contribution < 1.29 is 37.2 Å². The van der Waals surface area contributed by atoms with E-state index in [4.69, 9.17) is 18.9 Å². The molecule has 13 rings (SSSR count). The molecule has 4 aliphatic heterocycles. The van der Waals surface area contributed by atoms with E-state index in [0.717, 1.165) is 78.5 Å². The Morgan fingerprint density at radius 2 is 0.617 bits per heavy atom. The summed E-state index contributed by atoms with van der Waals surface area (Å²) in [5.41, 5.74) is 9.99. The molecule has 0 amide bonds. The third kappa shape index (κ3) is 4.75. The molecule has 286 valence electrons. The smallest absolute Gasteiger partial charge is 0.261 e. The molecule has 0 spiro atoms. The van der Waals surface area contributed by atoms with Crippen LogP contribution in [0.15, 0.2) is 148 Å². The van der Waals surface area contributed by atoms with E-state index in [1.807, 2.05) is 71.2 Å².